The molecule has 0 fully saturated rings. The smallest absolute Gasteiger partial charge is 0.166 e. The zero-order chi connectivity index (χ0) is 13.1. The highest BCUT2D eigenvalue weighted by Crippen LogP contribution is 2.22. The van der Waals surface area contributed by atoms with Gasteiger partial charge in [0.15, 0.2) is 5.65 Å². The summed E-state index contributed by atoms with van der Waals surface area (Å²) in [5.41, 5.74) is 7.38. The van der Waals surface area contributed by atoms with Gasteiger partial charge in [0.05, 0.1) is 5.39 Å². The first-order chi connectivity index (χ1) is 8.61. The van der Waals surface area contributed by atoms with Crippen LogP contribution in [0.4, 0.5) is 11.6 Å². The molecule has 0 saturated carbocycles. The molecular weight excluding hydrogens is 226 g/mol. The van der Waals surface area contributed by atoms with Gasteiger partial charge in [-0.05, 0) is 26.0 Å². The maximum atomic E-state index is 5.66. The molecule has 0 aliphatic heterocycles. The molecule has 18 heavy (non-hydrogen) atoms. The van der Waals surface area contributed by atoms with Crippen molar-refractivity contribution in [3.05, 3.63) is 30.6 Å². The lowest BCUT2D eigenvalue weighted by atomic mass is 10.2. The van der Waals surface area contributed by atoms with Crippen LogP contribution in [0.5, 0.6) is 0 Å². The normalized spacial score (nSPS) is 10.6. The number of hydrogen-bond acceptors (Lipinski definition) is 5. The molecule has 0 aromatic carbocycles. The molecule has 0 bridgehead atoms. The Morgan fingerprint density at radius 3 is 2.83 bits per heavy atom. The quantitative estimate of drug-likeness (QED) is 0.832. The van der Waals surface area contributed by atoms with Gasteiger partial charge in [0.25, 0.3) is 0 Å². The van der Waals surface area contributed by atoms with Gasteiger partial charge in [-0.3, -0.25) is 0 Å². The van der Waals surface area contributed by atoms with Crippen LogP contribution in [0.3, 0.4) is 0 Å². The van der Waals surface area contributed by atoms with E-state index in [4.69, 9.17) is 5.73 Å². The number of hydrogen-bond donors (Lipinski definition) is 1. The number of aromatic nitrogens is 3. The summed E-state index contributed by atoms with van der Waals surface area (Å²) in [4.78, 5) is 14.9. The van der Waals surface area contributed by atoms with Crippen molar-refractivity contribution in [3.8, 4) is 0 Å². The van der Waals surface area contributed by atoms with Gasteiger partial charge in [-0.2, -0.15) is 0 Å². The largest absolute Gasteiger partial charge is 0.384 e. The first kappa shape index (κ1) is 12.3. The van der Waals surface area contributed by atoms with Gasteiger partial charge < -0.3 is 10.6 Å². The van der Waals surface area contributed by atoms with Crippen molar-refractivity contribution in [2.24, 2.45) is 0 Å². The molecule has 0 radical (unpaired) electrons. The SMILES string of the molecule is C=C(C)CN(CC)c1ncnc2nc(N)ccc12. The van der Waals surface area contributed by atoms with Crippen LogP contribution in [-0.2, 0) is 0 Å². The average Bonchev–Trinajstić information content (AvgIpc) is 2.34. The molecule has 0 aliphatic carbocycles. The Hall–Kier alpha value is -2.17. The van der Waals surface area contributed by atoms with Crippen LogP contribution < -0.4 is 10.6 Å². The number of rotatable bonds is 4. The molecule has 2 N–H and O–H groups in total. The molecule has 0 atom stereocenters. The van der Waals surface area contributed by atoms with Crippen LogP contribution in [0.25, 0.3) is 11.0 Å². The van der Waals surface area contributed by atoms with Crippen molar-refractivity contribution in [2.75, 3.05) is 23.7 Å². The lowest BCUT2D eigenvalue weighted by Gasteiger charge is -2.22. The van der Waals surface area contributed by atoms with Gasteiger partial charge in [0.2, 0.25) is 0 Å². The first-order valence-corrected chi connectivity index (χ1v) is 5.88. The predicted octanol–water partition coefficient (Wildman–Crippen LogP) is 2.01. The number of pyridine rings is 1. The van der Waals surface area contributed by atoms with Crippen molar-refractivity contribution in [1.82, 2.24) is 15.0 Å². The highest BCUT2D eigenvalue weighted by atomic mass is 15.2. The van der Waals surface area contributed by atoms with E-state index in [0.29, 0.717) is 11.5 Å². The maximum absolute atomic E-state index is 5.66. The van der Waals surface area contributed by atoms with E-state index in [0.717, 1.165) is 29.9 Å². The summed E-state index contributed by atoms with van der Waals surface area (Å²) in [5.74, 6) is 1.34. The summed E-state index contributed by atoms with van der Waals surface area (Å²) in [6.07, 6.45) is 1.52. The molecule has 0 spiro atoms. The molecule has 2 rings (SSSR count). The Morgan fingerprint density at radius 1 is 1.39 bits per heavy atom. The summed E-state index contributed by atoms with van der Waals surface area (Å²) in [6.45, 7) is 9.65. The Kier molecular flexibility index (Phi) is 3.41. The minimum absolute atomic E-state index is 0.468. The average molecular weight is 243 g/mol. The number of likely N-dealkylation sites (N-methyl/N-ethyl adjacent to an activating group) is 1. The molecule has 2 heterocycles. The second kappa shape index (κ2) is 5.00. The molecule has 5 heteroatoms. The van der Waals surface area contributed by atoms with Crippen LogP contribution in [0.15, 0.2) is 30.6 Å². The summed E-state index contributed by atoms with van der Waals surface area (Å²) >= 11 is 0. The molecule has 94 valence electrons. The fourth-order valence-electron chi connectivity index (χ4n) is 1.86. The topological polar surface area (TPSA) is 67.9 Å². The molecule has 0 saturated heterocycles. The Balaban J connectivity index is 2.52. The minimum Gasteiger partial charge on any atom is -0.384 e. The Morgan fingerprint density at radius 2 is 2.17 bits per heavy atom. The highest BCUT2D eigenvalue weighted by Gasteiger charge is 2.11. The molecule has 0 amide bonds. The van der Waals surface area contributed by atoms with Gasteiger partial charge in [-0.1, -0.05) is 12.2 Å². The number of nitrogens with two attached hydrogens (primary N) is 1. The van der Waals surface area contributed by atoms with Crippen LogP contribution in [0.2, 0.25) is 0 Å². The highest BCUT2D eigenvalue weighted by molar-refractivity contribution is 5.87. The van der Waals surface area contributed by atoms with E-state index in [1.807, 2.05) is 13.0 Å². The van der Waals surface area contributed by atoms with Crippen molar-refractivity contribution in [3.63, 3.8) is 0 Å². The monoisotopic (exact) mass is 243 g/mol. The van der Waals surface area contributed by atoms with Gasteiger partial charge >= 0.3 is 0 Å². The first-order valence-electron chi connectivity index (χ1n) is 5.88. The van der Waals surface area contributed by atoms with Gasteiger partial charge in [0.1, 0.15) is 18.0 Å². The van der Waals surface area contributed by atoms with Crippen LogP contribution >= 0.6 is 0 Å². The van der Waals surface area contributed by atoms with Crippen molar-refractivity contribution >= 4 is 22.7 Å². The van der Waals surface area contributed by atoms with Gasteiger partial charge in [-0.15, -0.1) is 0 Å². The molecule has 0 aliphatic rings. The summed E-state index contributed by atoms with van der Waals surface area (Å²) in [7, 11) is 0. The lowest BCUT2D eigenvalue weighted by molar-refractivity contribution is 0.861. The Labute approximate surface area is 106 Å². The fraction of sp³-hybridized carbons (Fsp3) is 0.308. The van der Waals surface area contributed by atoms with E-state index >= 15 is 0 Å². The zero-order valence-electron chi connectivity index (χ0n) is 10.7. The van der Waals surface area contributed by atoms with E-state index in [1.54, 1.807) is 6.07 Å². The number of nitrogens with zero attached hydrogens (tertiary/aromatic N) is 4. The summed E-state index contributed by atoms with van der Waals surface area (Å²) in [5, 5.41) is 0.912. The molecule has 2 aromatic heterocycles. The summed E-state index contributed by atoms with van der Waals surface area (Å²) in [6, 6.07) is 3.68. The number of nitrogen functional groups attached to an aromatic ring is 1. The van der Waals surface area contributed by atoms with Crippen molar-refractivity contribution in [2.45, 2.75) is 13.8 Å². The van der Waals surface area contributed by atoms with Crippen molar-refractivity contribution in [1.29, 1.82) is 0 Å². The molecular formula is C13H17N5. The standard InChI is InChI=1S/C13H17N5/c1-4-18(7-9(2)3)13-10-5-6-11(14)17-12(10)15-8-16-13/h5-6,8H,2,4,7H2,1,3H3,(H2,14,15,16,17). The number of anilines is 2. The van der Waals surface area contributed by atoms with E-state index < -0.39 is 0 Å². The van der Waals surface area contributed by atoms with E-state index in [9.17, 15) is 0 Å². The second-order valence-electron chi connectivity index (χ2n) is 4.28. The third kappa shape index (κ3) is 2.40. The minimum atomic E-state index is 0.468. The predicted molar refractivity (Wildman–Crippen MR) is 74.4 cm³/mol. The molecule has 5 nitrogen and oxygen atoms in total. The van der Waals surface area contributed by atoms with Crippen LogP contribution in [-0.4, -0.2) is 28.0 Å². The zero-order valence-corrected chi connectivity index (χ0v) is 10.7. The fourth-order valence-corrected chi connectivity index (χ4v) is 1.86. The van der Waals surface area contributed by atoms with E-state index in [2.05, 4.69) is 33.4 Å². The summed E-state index contributed by atoms with van der Waals surface area (Å²) < 4.78 is 0. The van der Waals surface area contributed by atoms with Crippen LogP contribution in [0, 0.1) is 0 Å². The third-order valence-corrected chi connectivity index (χ3v) is 2.64. The van der Waals surface area contributed by atoms with E-state index in [-0.39, 0.29) is 0 Å². The van der Waals surface area contributed by atoms with Crippen LogP contribution in [0.1, 0.15) is 13.8 Å². The van der Waals surface area contributed by atoms with Gasteiger partial charge in [-0.25, -0.2) is 15.0 Å². The second-order valence-corrected chi connectivity index (χ2v) is 4.28. The van der Waals surface area contributed by atoms with Crippen molar-refractivity contribution < 1.29 is 0 Å². The number of fused-ring (bicyclic) bond motifs is 1. The third-order valence-electron chi connectivity index (χ3n) is 2.64. The molecule has 2 aromatic rings. The van der Waals surface area contributed by atoms with E-state index in [1.165, 1.54) is 6.33 Å². The molecule has 0 unspecified atom stereocenters. The van der Waals surface area contributed by atoms with Gasteiger partial charge in [0, 0.05) is 13.1 Å². The maximum Gasteiger partial charge on any atom is 0.166 e. The lowest BCUT2D eigenvalue weighted by Crippen LogP contribution is -2.25. The Bertz CT molecular complexity index is 579.